The van der Waals surface area contributed by atoms with Crippen LogP contribution < -0.4 is 5.73 Å². The Morgan fingerprint density at radius 1 is 1.38 bits per heavy atom. The largest absolute Gasteiger partial charge is 0.452 e. The van der Waals surface area contributed by atoms with Crippen LogP contribution in [0.3, 0.4) is 0 Å². The molecule has 108 valence electrons. The molecule has 5 heteroatoms. The number of rotatable bonds is 3. The number of nitrogens with two attached hydrogens (primary N) is 1. The third kappa shape index (κ3) is 3.66. The number of hydrogen-bond donors (Lipinski definition) is 1. The van der Waals surface area contributed by atoms with Crippen LogP contribution in [0, 0.1) is 11.8 Å². The first kappa shape index (κ1) is 15.2. The van der Waals surface area contributed by atoms with E-state index in [-0.39, 0.29) is 11.1 Å². The van der Waals surface area contributed by atoms with E-state index in [0.717, 1.165) is 11.1 Å². The minimum Gasteiger partial charge on any atom is -0.452 e. The molecule has 2 aromatic rings. The molecule has 0 fully saturated rings. The number of nitrogens with zero attached hydrogens (tertiary/aromatic N) is 1. The van der Waals surface area contributed by atoms with Crippen LogP contribution in [0.1, 0.15) is 21.5 Å². The first-order valence-electron chi connectivity index (χ1n) is 6.38. The molecule has 2 N–H and O–H groups in total. The first-order valence-corrected chi connectivity index (χ1v) is 6.76. The van der Waals surface area contributed by atoms with E-state index < -0.39 is 0 Å². The molecule has 0 aliphatic heterocycles. The highest BCUT2D eigenvalue weighted by Crippen LogP contribution is 2.19. The Hall–Kier alpha value is -2.22. The van der Waals surface area contributed by atoms with Crippen LogP contribution in [0.5, 0.6) is 0 Å². The van der Waals surface area contributed by atoms with Crippen LogP contribution in [0.25, 0.3) is 0 Å². The molecular weight excluding hydrogens is 288 g/mol. The molecule has 1 aromatic heterocycles. The van der Waals surface area contributed by atoms with Crippen molar-refractivity contribution in [1.29, 1.82) is 0 Å². The topological polar surface area (TPSA) is 59.5 Å². The summed E-state index contributed by atoms with van der Waals surface area (Å²) in [6, 6.07) is 9.20. The zero-order chi connectivity index (χ0) is 15.2. The van der Waals surface area contributed by atoms with Gasteiger partial charge in [-0.2, -0.15) is 0 Å². The third-order valence-electron chi connectivity index (χ3n) is 2.95. The van der Waals surface area contributed by atoms with Crippen LogP contribution in [0.2, 0.25) is 5.22 Å². The van der Waals surface area contributed by atoms with Crippen molar-refractivity contribution in [3.05, 3.63) is 58.5 Å². The van der Waals surface area contributed by atoms with Crippen molar-refractivity contribution in [1.82, 2.24) is 4.90 Å². The van der Waals surface area contributed by atoms with Crippen LogP contribution in [-0.4, -0.2) is 24.4 Å². The van der Waals surface area contributed by atoms with Gasteiger partial charge in [-0.05, 0) is 29.3 Å². The fraction of sp³-hybridized carbons (Fsp3) is 0.188. The van der Waals surface area contributed by atoms with Gasteiger partial charge < -0.3 is 15.1 Å². The van der Waals surface area contributed by atoms with Crippen LogP contribution in [0.4, 0.5) is 0 Å². The molecule has 0 atom stereocenters. The summed E-state index contributed by atoms with van der Waals surface area (Å²) in [5.74, 6) is 5.63. The van der Waals surface area contributed by atoms with Crippen LogP contribution >= 0.6 is 11.6 Å². The number of hydrogen-bond acceptors (Lipinski definition) is 3. The van der Waals surface area contributed by atoms with Crippen molar-refractivity contribution < 1.29 is 9.21 Å². The van der Waals surface area contributed by atoms with Crippen molar-refractivity contribution in [3.8, 4) is 11.8 Å². The fourth-order valence-electron chi connectivity index (χ4n) is 1.91. The first-order chi connectivity index (χ1) is 10.1. The average Bonchev–Trinajstić information content (AvgIpc) is 2.91. The van der Waals surface area contributed by atoms with Crippen LogP contribution in [-0.2, 0) is 6.54 Å². The average molecular weight is 303 g/mol. The second-order valence-electron chi connectivity index (χ2n) is 4.43. The minimum atomic E-state index is -0.199. The van der Waals surface area contributed by atoms with Gasteiger partial charge in [0.15, 0.2) is 0 Å². The summed E-state index contributed by atoms with van der Waals surface area (Å²) >= 11 is 5.83. The quantitative estimate of drug-likeness (QED) is 0.886. The van der Waals surface area contributed by atoms with Gasteiger partial charge in [-0.15, -0.1) is 0 Å². The van der Waals surface area contributed by atoms with Gasteiger partial charge in [0.25, 0.3) is 5.91 Å². The zero-order valence-electron chi connectivity index (χ0n) is 11.6. The van der Waals surface area contributed by atoms with Gasteiger partial charge in [-0.1, -0.05) is 30.0 Å². The summed E-state index contributed by atoms with van der Waals surface area (Å²) in [5, 5.41) is 0.100. The second-order valence-corrected chi connectivity index (χ2v) is 4.78. The molecule has 0 unspecified atom stereocenters. The third-order valence-corrected chi connectivity index (χ3v) is 3.24. The molecule has 1 heterocycles. The van der Waals surface area contributed by atoms with Gasteiger partial charge in [0.1, 0.15) is 0 Å². The minimum absolute atomic E-state index is 0.100. The summed E-state index contributed by atoms with van der Waals surface area (Å²) < 4.78 is 4.94. The Labute approximate surface area is 128 Å². The van der Waals surface area contributed by atoms with E-state index in [4.69, 9.17) is 21.8 Å². The smallest absolute Gasteiger partial charge is 0.258 e. The van der Waals surface area contributed by atoms with Gasteiger partial charge in [-0.25, -0.2) is 0 Å². The number of amides is 1. The normalized spacial score (nSPS) is 9.86. The molecule has 2 rings (SSSR count). The Kier molecular flexibility index (Phi) is 5.04. The Balaban J connectivity index is 2.18. The molecule has 1 aromatic carbocycles. The summed E-state index contributed by atoms with van der Waals surface area (Å²) in [7, 11) is 1.71. The summed E-state index contributed by atoms with van der Waals surface area (Å²) in [4.78, 5) is 13.9. The highest BCUT2D eigenvalue weighted by molar-refractivity contribution is 6.32. The molecule has 0 bridgehead atoms. The maximum atomic E-state index is 12.3. The van der Waals surface area contributed by atoms with Crippen molar-refractivity contribution in [2.75, 3.05) is 13.6 Å². The number of carbonyl (C=O) groups excluding carboxylic acids is 1. The highest BCUT2D eigenvalue weighted by atomic mass is 35.5. The number of furan rings is 1. The van der Waals surface area contributed by atoms with Crippen molar-refractivity contribution in [3.63, 3.8) is 0 Å². The molecule has 0 saturated heterocycles. The van der Waals surface area contributed by atoms with E-state index in [0.29, 0.717) is 18.7 Å². The van der Waals surface area contributed by atoms with Gasteiger partial charge in [0.05, 0.1) is 18.4 Å². The molecule has 1 amide bonds. The van der Waals surface area contributed by atoms with E-state index >= 15 is 0 Å². The molecule has 0 radical (unpaired) electrons. The lowest BCUT2D eigenvalue weighted by atomic mass is 10.1. The maximum absolute atomic E-state index is 12.3. The SMILES string of the molecule is CN(Cc1ccccc1C#CCN)C(=O)c1ccoc1Cl. The molecule has 0 saturated carbocycles. The summed E-state index contributed by atoms with van der Waals surface area (Å²) in [6.07, 6.45) is 1.39. The van der Waals surface area contributed by atoms with E-state index in [9.17, 15) is 4.79 Å². The standard InChI is InChI=1S/C16H15ClN2O2/c1-19(16(20)14-8-10-21-15(14)17)11-13-6-3-2-5-12(13)7-4-9-18/h2-3,5-6,8,10H,9,11,18H2,1H3. The number of benzene rings is 1. The van der Waals surface area contributed by atoms with Crippen molar-refractivity contribution in [2.24, 2.45) is 5.73 Å². The predicted molar refractivity (Wildman–Crippen MR) is 81.9 cm³/mol. The van der Waals surface area contributed by atoms with Gasteiger partial charge in [-0.3, -0.25) is 4.79 Å². The van der Waals surface area contributed by atoms with Gasteiger partial charge in [0, 0.05) is 19.2 Å². The predicted octanol–water partition coefficient (Wildman–Crippen LogP) is 2.52. The zero-order valence-corrected chi connectivity index (χ0v) is 12.4. The van der Waals surface area contributed by atoms with E-state index in [1.165, 1.54) is 6.26 Å². The fourth-order valence-corrected chi connectivity index (χ4v) is 2.10. The van der Waals surface area contributed by atoms with Gasteiger partial charge in [0.2, 0.25) is 5.22 Å². The van der Waals surface area contributed by atoms with E-state index in [1.54, 1.807) is 18.0 Å². The summed E-state index contributed by atoms with van der Waals surface area (Å²) in [5.41, 5.74) is 7.56. The molecule has 21 heavy (non-hydrogen) atoms. The Bertz CT molecular complexity index is 698. The van der Waals surface area contributed by atoms with Crippen molar-refractivity contribution in [2.45, 2.75) is 6.54 Å². The Morgan fingerprint density at radius 3 is 2.81 bits per heavy atom. The molecule has 0 aliphatic carbocycles. The van der Waals surface area contributed by atoms with Crippen LogP contribution in [0.15, 0.2) is 41.0 Å². The highest BCUT2D eigenvalue weighted by Gasteiger charge is 2.18. The molecule has 0 aliphatic rings. The Morgan fingerprint density at radius 2 is 2.14 bits per heavy atom. The van der Waals surface area contributed by atoms with E-state index in [2.05, 4.69) is 11.8 Å². The molecule has 0 spiro atoms. The monoisotopic (exact) mass is 302 g/mol. The number of halogens is 1. The second kappa shape index (κ2) is 6.98. The summed E-state index contributed by atoms with van der Waals surface area (Å²) in [6.45, 7) is 0.726. The lowest BCUT2D eigenvalue weighted by molar-refractivity contribution is 0.0784. The van der Waals surface area contributed by atoms with E-state index in [1.807, 2.05) is 24.3 Å². The van der Waals surface area contributed by atoms with Gasteiger partial charge >= 0.3 is 0 Å². The maximum Gasteiger partial charge on any atom is 0.258 e. The lowest BCUT2D eigenvalue weighted by Gasteiger charge is -2.17. The molecule has 4 nitrogen and oxygen atoms in total. The van der Waals surface area contributed by atoms with Crippen molar-refractivity contribution >= 4 is 17.5 Å². The lowest BCUT2D eigenvalue weighted by Crippen LogP contribution is -2.26. The number of carbonyl (C=O) groups is 1. The molecular formula is C16H15ClN2O2.